The van der Waals surface area contributed by atoms with Crippen LogP contribution < -0.4 is 0 Å². The molecule has 0 bridgehead atoms. The van der Waals surface area contributed by atoms with Crippen molar-refractivity contribution in [3.63, 3.8) is 0 Å². The molecule has 104 valence electrons. The first-order valence-corrected chi connectivity index (χ1v) is 7.80. The molecule has 2 aromatic carbocycles. The van der Waals surface area contributed by atoms with Crippen molar-refractivity contribution in [3.8, 4) is 11.1 Å². The number of carbonyl (C=O) groups excluding carboxylic acids is 1. The minimum atomic E-state index is -0.271. The summed E-state index contributed by atoms with van der Waals surface area (Å²) in [7, 11) is 0. The van der Waals surface area contributed by atoms with E-state index in [1.54, 1.807) is 6.07 Å². The van der Waals surface area contributed by atoms with E-state index in [-0.39, 0.29) is 5.97 Å². The van der Waals surface area contributed by atoms with Crippen molar-refractivity contribution in [2.45, 2.75) is 13.3 Å². The van der Waals surface area contributed by atoms with E-state index < -0.39 is 0 Å². The van der Waals surface area contributed by atoms with Gasteiger partial charge in [0.2, 0.25) is 0 Å². The van der Waals surface area contributed by atoms with Crippen LogP contribution in [0, 0.1) is 0 Å². The lowest BCUT2D eigenvalue weighted by atomic mass is 9.97. The third-order valence-electron chi connectivity index (χ3n) is 3.07. The van der Waals surface area contributed by atoms with Crippen LogP contribution in [0.4, 0.5) is 0 Å². The number of hydrogen-bond acceptors (Lipinski definition) is 2. The molecular formula is C17H17BrO2. The van der Waals surface area contributed by atoms with Crippen LogP contribution in [0.25, 0.3) is 11.1 Å². The quantitative estimate of drug-likeness (QED) is 0.596. The third-order valence-corrected chi connectivity index (χ3v) is 3.46. The van der Waals surface area contributed by atoms with Gasteiger partial charge >= 0.3 is 5.97 Å². The van der Waals surface area contributed by atoms with Crippen LogP contribution in [0.5, 0.6) is 0 Å². The van der Waals surface area contributed by atoms with E-state index in [1.165, 1.54) is 5.56 Å². The Balaban J connectivity index is 2.38. The standard InChI is InChI=1S/C17H17BrO2/c1-2-20-17(19)15-8-5-7-14(12-15)16-9-4-3-6-13(16)10-11-18/h3-9,12H,2,10-11H2,1H3. The van der Waals surface area contributed by atoms with Gasteiger partial charge in [0.25, 0.3) is 0 Å². The van der Waals surface area contributed by atoms with Crippen LogP contribution in [0.1, 0.15) is 22.8 Å². The molecule has 0 spiro atoms. The van der Waals surface area contributed by atoms with Crippen LogP contribution in [-0.4, -0.2) is 17.9 Å². The van der Waals surface area contributed by atoms with Gasteiger partial charge in [0.05, 0.1) is 12.2 Å². The summed E-state index contributed by atoms with van der Waals surface area (Å²) >= 11 is 3.48. The smallest absolute Gasteiger partial charge is 0.338 e. The fourth-order valence-corrected chi connectivity index (χ4v) is 2.58. The number of carbonyl (C=O) groups is 1. The highest BCUT2D eigenvalue weighted by molar-refractivity contribution is 9.09. The number of benzene rings is 2. The second kappa shape index (κ2) is 7.25. The lowest BCUT2D eigenvalue weighted by Gasteiger charge is -2.10. The Morgan fingerprint density at radius 2 is 1.95 bits per heavy atom. The first-order chi connectivity index (χ1) is 9.76. The van der Waals surface area contributed by atoms with Crippen molar-refractivity contribution < 1.29 is 9.53 Å². The highest BCUT2D eigenvalue weighted by Crippen LogP contribution is 2.25. The van der Waals surface area contributed by atoms with E-state index in [1.807, 2.05) is 37.3 Å². The number of esters is 1. The van der Waals surface area contributed by atoms with Gasteiger partial charge in [-0.3, -0.25) is 0 Å². The molecule has 0 heterocycles. The summed E-state index contributed by atoms with van der Waals surface area (Å²) in [6, 6.07) is 15.9. The van der Waals surface area contributed by atoms with Crippen LogP contribution in [0.15, 0.2) is 48.5 Å². The van der Waals surface area contributed by atoms with Gasteiger partial charge in [0.15, 0.2) is 0 Å². The van der Waals surface area contributed by atoms with Crippen molar-refractivity contribution in [2.24, 2.45) is 0 Å². The molecule has 0 N–H and O–H groups in total. The molecule has 2 aromatic rings. The Morgan fingerprint density at radius 1 is 1.15 bits per heavy atom. The Bertz CT molecular complexity index is 593. The summed E-state index contributed by atoms with van der Waals surface area (Å²) < 4.78 is 5.05. The van der Waals surface area contributed by atoms with E-state index in [9.17, 15) is 4.79 Å². The topological polar surface area (TPSA) is 26.3 Å². The Morgan fingerprint density at radius 3 is 2.70 bits per heavy atom. The fraction of sp³-hybridized carbons (Fsp3) is 0.235. The Kier molecular flexibility index (Phi) is 5.36. The number of ether oxygens (including phenoxy) is 1. The average molecular weight is 333 g/mol. The number of alkyl halides is 1. The zero-order valence-corrected chi connectivity index (χ0v) is 13.0. The molecule has 0 saturated carbocycles. The third kappa shape index (κ3) is 3.48. The second-order valence-corrected chi connectivity index (χ2v) is 5.19. The van der Waals surface area contributed by atoms with Crippen LogP contribution in [-0.2, 0) is 11.2 Å². The van der Waals surface area contributed by atoms with Crippen LogP contribution in [0.3, 0.4) is 0 Å². The molecule has 2 nitrogen and oxygen atoms in total. The maximum atomic E-state index is 11.8. The zero-order chi connectivity index (χ0) is 14.4. The molecule has 0 atom stereocenters. The van der Waals surface area contributed by atoms with Gasteiger partial charge in [-0.15, -0.1) is 0 Å². The summed E-state index contributed by atoms with van der Waals surface area (Å²) in [6.07, 6.45) is 0.958. The van der Waals surface area contributed by atoms with Gasteiger partial charge in [-0.25, -0.2) is 4.79 Å². The monoisotopic (exact) mass is 332 g/mol. The van der Waals surface area contributed by atoms with Crippen molar-refractivity contribution in [3.05, 3.63) is 59.7 Å². The normalized spacial score (nSPS) is 10.3. The number of aryl methyl sites for hydroxylation is 1. The van der Waals surface area contributed by atoms with Crippen LogP contribution >= 0.6 is 15.9 Å². The lowest BCUT2D eigenvalue weighted by Crippen LogP contribution is -2.04. The lowest BCUT2D eigenvalue weighted by molar-refractivity contribution is 0.0526. The molecule has 0 aromatic heterocycles. The highest BCUT2D eigenvalue weighted by Gasteiger charge is 2.09. The van der Waals surface area contributed by atoms with Crippen molar-refractivity contribution in [1.82, 2.24) is 0 Å². The molecule has 0 amide bonds. The summed E-state index contributed by atoms with van der Waals surface area (Å²) in [6.45, 7) is 2.20. The molecule has 0 aliphatic carbocycles. The molecule has 2 rings (SSSR count). The van der Waals surface area contributed by atoms with Crippen LogP contribution in [0.2, 0.25) is 0 Å². The zero-order valence-electron chi connectivity index (χ0n) is 11.4. The molecule has 20 heavy (non-hydrogen) atoms. The largest absolute Gasteiger partial charge is 0.462 e. The van der Waals surface area contributed by atoms with Gasteiger partial charge in [-0.1, -0.05) is 52.3 Å². The molecular weight excluding hydrogens is 316 g/mol. The van der Waals surface area contributed by atoms with Gasteiger partial charge in [-0.2, -0.15) is 0 Å². The van der Waals surface area contributed by atoms with Crippen molar-refractivity contribution in [1.29, 1.82) is 0 Å². The number of halogens is 1. The Hall–Kier alpha value is -1.61. The number of rotatable bonds is 5. The summed E-state index contributed by atoms with van der Waals surface area (Å²) in [5.41, 5.74) is 4.08. The SMILES string of the molecule is CCOC(=O)c1cccc(-c2ccccc2CCBr)c1. The van der Waals surface area contributed by atoms with Crippen molar-refractivity contribution >= 4 is 21.9 Å². The molecule has 0 radical (unpaired) electrons. The van der Waals surface area contributed by atoms with Gasteiger partial charge in [-0.05, 0) is 42.2 Å². The summed E-state index contributed by atoms with van der Waals surface area (Å²) in [4.78, 5) is 11.8. The molecule has 0 fully saturated rings. The maximum absolute atomic E-state index is 11.8. The van der Waals surface area contributed by atoms with E-state index >= 15 is 0 Å². The van der Waals surface area contributed by atoms with E-state index in [0.717, 1.165) is 22.9 Å². The molecule has 0 aliphatic rings. The van der Waals surface area contributed by atoms with E-state index in [0.29, 0.717) is 12.2 Å². The summed E-state index contributed by atoms with van der Waals surface area (Å²) in [5.74, 6) is -0.271. The second-order valence-electron chi connectivity index (χ2n) is 4.40. The van der Waals surface area contributed by atoms with E-state index in [4.69, 9.17) is 4.74 Å². The van der Waals surface area contributed by atoms with E-state index in [2.05, 4.69) is 28.1 Å². The minimum absolute atomic E-state index is 0.271. The minimum Gasteiger partial charge on any atom is -0.462 e. The van der Waals surface area contributed by atoms with Gasteiger partial charge in [0.1, 0.15) is 0 Å². The fourth-order valence-electron chi connectivity index (χ4n) is 2.15. The maximum Gasteiger partial charge on any atom is 0.338 e. The predicted octanol–water partition coefficient (Wildman–Crippen LogP) is 4.47. The highest BCUT2D eigenvalue weighted by atomic mass is 79.9. The molecule has 0 unspecified atom stereocenters. The number of hydrogen-bond donors (Lipinski definition) is 0. The average Bonchev–Trinajstić information content (AvgIpc) is 2.48. The van der Waals surface area contributed by atoms with Crippen molar-refractivity contribution in [2.75, 3.05) is 11.9 Å². The molecule has 3 heteroatoms. The predicted molar refractivity (Wildman–Crippen MR) is 85.3 cm³/mol. The van der Waals surface area contributed by atoms with Gasteiger partial charge < -0.3 is 4.74 Å². The van der Waals surface area contributed by atoms with Gasteiger partial charge in [0, 0.05) is 5.33 Å². The first-order valence-electron chi connectivity index (χ1n) is 6.67. The molecule has 0 aliphatic heterocycles. The molecule has 0 saturated heterocycles. The first kappa shape index (κ1) is 14.8. The Labute approximate surface area is 127 Å². The summed E-state index contributed by atoms with van der Waals surface area (Å²) in [5, 5.41) is 0.918.